The first-order valence-electron chi connectivity index (χ1n) is 7.56. The average Bonchev–Trinajstić information content (AvgIpc) is 2.97. The van der Waals surface area contributed by atoms with Crippen LogP contribution in [0.3, 0.4) is 0 Å². The second kappa shape index (κ2) is 6.96. The van der Waals surface area contributed by atoms with Gasteiger partial charge < -0.3 is 4.57 Å². The minimum Gasteiger partial charge on any atom is -0.302 e. The van der Waals surface area contributed by atoms with Crippen molar-refractivity contribution in [3.05, 3.63) is 65.5 Å². The van der Waals surface area contributed by atoms with E-state index < -0.39 is 0 Å². The molecule has 1 heterocycles. The fourth-order valence-electron chi connectivity index (χ4n) is 2.44. The molecule has 0 unspecified atom stereocenters. The largest absolute Gasteiger partial charge is 0.302 e. The highest BCUT2D eigenvalue weighted by Crippen LogP contribution is 2.28. The molecule has 0 amide bonds. The molecule has 0 saturated carbocycles. The summed E-state index contributed by atoms with van der Waals surface area (Å²) in [5.74, 6) is 1.13. The van der Waals surface area contributed by atoms with E-state index in [4.69, 9.17) is 0 Å². The fourth-order valence-corrected chi connectivity index (χ4v) is 3.52. The predicted octanol–water partition coefficient (Wildman–Crippen LogP) is 4.70. The topological polar surface area (TPSA) is 30.7 Å². The van der Waals surface area contributed by atoms with Gasteiger partial charge in [-0.3, -0.25) is 0 Å². The van der Waals surface area contributed by atoms with Gasteiger partial charge in [-0.15, -0.1) is 10.2 Å². The number of rotatable bonds is 5. The van der Waals surface area contributed by atoms with E-state index >= 15 is 0 Å². The van der Waals surface area contributed by atoms with Crippen LogP contribution < -0.4 is 0 Å². The monoisotopic (exact) mass is 327 g/mol. The average molecular weight is 327 g/mol. The molecule has 0 bridgehead atoms. The lowest BCUT2D eigenvalue weighted by Crippen LogP contribution is -2.01. The molecule has 5 heteroatoms. The van der Waals surface area contributed by atoms with Gasteiger partial charge in [0.25, 0.3) is 0 Å². The molecule has 0 atom stereocenters. The maximum Gasteiger partial charge on any atom is 0.191 e. The maximum absolute atomic E-state index is 14.0. The van der Waals surface area contributed by atoms with Crippen LogP contribution in [0.15, 0.2) is 53.7 Å². The summed E-state index contributed by atoms with van der Waals surface area (Å²) >= 11 is 1.63. The molecule has 3 rings (SSSR count). The molecule has 0 aliphatic heterocycles. The summed E-state index contributed by atoms with van der Waals surface area (Å²) in [6.45, 7) is 4.82. The fraction of sp³-hybridized carbons (Fsp3) is 0.222. The summed E-state index contributed by atoms with van der Waals surface area (Å²) in [7, 11) is 0. The lowest BCUT2D eigenvalue weighted by atomic mass is 10.1. The third-order valence-electron chi connectivity index (χ3n) is 3.77. The Morgan fingerprint density at radius 2 is 1.78 bits per heavy atom. The predicted molar refractivity (Wildman–Crippen MR) is 91.8 cm³/mol. The van der Waals surface area contributed by atoms with Crippen molar-refractivity contribution in [2.24, 2.45) is 0 Å². The van der Waals surface area contributed by atoms with Gasteiger partial charge in [0.2, 0.25) is 0 Å². The van der Waals surface area contributed by atoms with Crippen molar-refractivity contribution in [3.8, 4) is 11.4 Å². The Kier molecular flexibility index (Phi) is 4.76. The SMILES string of the molecule is CCn1c(SCc2ccccc2C)nnc1-c1ccccc1F. The Hall–Kier alpha value is -2.14. The molecule has 0 fully saturated rings. The van der Waals surface area contributed by atoms with Gasteiger partial charge in [-0.1, -0.05) is 48.2 Å². The molecule has 1 aromatic heterocycles. The molecular formula is C18H18FN3S. The van der Waals surface area contributed by atoms with Crippen LogP contribution in [0.4, 0.5) is 4.39 Å². The van der Waals surface area contributed by atoms with Crippen LogP contribution in [0.25, 0.3) is 11.4 Å². The molecule has 23 heavy (non-hydrogen) atoms. The summed E-state index contributed by atoms with van der Waals surface area (Å²) in [4.78, 5) is 0. The zero-order valence-electron chi connectivity index (χ0n) is 13.2. The molecule has 0 aliphatic rings. The van der Waals surface area contributed by atoms with Crippen LogP contribution in [0.1, 0.15) is 18.1 Å². The van der Waals surface area contributed by atoms with Gasteiger partial charge in [0.15, 0.2) is 11.0 Å². The molecule has 3 aromatic rings. The van der Waals surface area contributed by atoms with Crippen molar-refractivity contribution < 1.29 is 4.39 Å². The number of aromatic nitrogens is 3. The molecule has 2 aromatic carbocycles. The second-order valence-corrected chi connectivity index (χ2v) is 6.19. The number of benzene rings is 2. The Morgan fingerprint density at radius 3 is 2.52 bits per heavy atom. The summed E-state index contributed by atoms with van der Waals surface area (Å²) < 4.78 is 16.0. The van der Waals surface area contributed by atoms with E-state index in [-0.39, 0.29) is 5.82 Å². The van der Waals surface area contributed by atoms with Gasteiger partial charge in [0.1, 0.15) is 5.82 Å². The molecule has 118 valence electrons. The van der Waals surface area contributed by atoms with E-state index in [2.05, 4.69) is 29.3 Å². The highest BCUT2D eigenvalue weighted by Gasteiger charge is 2.16. The Morgan fingerprint density at radius 1 is 1.04 bits per heavy atom. The van der Waals surface area contributed by atoms with E-state index in [1.54, 1.807) is 23.9 Å². The Balaban J connectivity index is 1.87. The van der Waals surface area contributed by atoms with Gasteiger partial charge >= 0.3 is 0 Å². The molecule has 0 radical (unpaired) electrons. The van der Waals surface area contributed by atoms with Crippen LogP contribution >= 0.6 is 11.8 Å². The number of nitrogens with zero attached hydrogens (tertiary/aromatic N) is 3. The van der Waals surface area contributed by atoms with Gasteiger partial charge in [0, 0.05) is 12.3 Å². The molecular weight excluding hydrogens is 309 g/mol. The van der Waals surface area contributed by atoms with E-state index in [0.29, 0.717) is 17.9 Å². The van der Waals surface area contributed by atoms with Crippen LogP contribution in [-0.4, -0.2) is 14.8 Å². The number of halogens is 1. The first-order chi connectivity index (χ1) is 11.2. The minimum absolute atomic E-state index is 0.273. The lowest BCUT2D eigenvalue weighted by Gasteiger charge is -2.09. The number of hydrogen-bond acceptors (Lipinski definition) is 3. The van der Waals surface area contributed by atoms with Crippen molar-refractivity contribution in [3.63, 3.8) is 0 Å². The Labute approximate surface area is 139 Å². The van der Waals surface area contributed by atoms with Crippen molar-refractivity contribution >= 4 is 11.8 Å². The zero-order valence-corrected chi connectivity index (χ0v) is 14.0. The zero-order chi connectivity index (χ0) is 16.2. The minimum atomic E-state index is -0.273. The van der Waals surface area contributed by atoms with Crippen LogP contribution in [0, 0.1) is 12.7 Å². The van der Waals surface area contributed by atoms with Crippen LogP contribution in [0.5, 0.6) is 0 Å². The van der Waals surface area contributed by atoms with E-state index in [0.717, 1.165) is 10.9 Å². The van der Waals surface area contributed by atoms with Gasteiger partial charge in [-0.2, -0.15) is 0 Å². The first kappa shape index (κ1) is 15.7. The number of thioether (sulfide) groups is 1. The summed E-state index contributed by atoms with van der Waals surface area (Å²) in [5, 5.41) is 9.28. The highest BCUT2D eigenvalue weighted by molar-refractivity contribution is 7.98. The molecule has 0 aliphatic carbocycles. The van der Waals surface area contributed by atoms with Crippen molar-refractivity contribution in [1.29, 1.82) is 0 Å². The van der Waals surface area contributed by atoms with E-state index in [1.807, 2.05) is 29.7 Å². The Bertz CT molecular complexity index is 814. The summed E-state index contributed by atoms with van der Waals surface area (Å²) in [5.41, 5.74) is 3.03. The lowest BCUT2D eigenvalue weighted by molar-refractivity contribution is 0.624. The molecule has 0 N–H and O–H groups in total. The van der Waals surface area contributed by atoms with Crippen LogP contribution in [-0.2, 0) is 12.3 Å². The molecule has 3 nitrogen and oxygen atoms in total. The van der Waals surface area contributed by atoms with Gasteiger partial charge in [0.05, 0.1) is 5.56 Å². The first-order valence-corrected chi connectivity index (χ1v) is 8.54. The van der Waals surface area contributed by atoms with E-state index in [1.165, 1.54) is 17.2 Å². The van der Waals surface area contributed by atoms with Crippen LogP contribution in [0.2, 0.25) is 0 Å². The smallest absolute Gasteiger partial charge is 0.191 e. The highest BCUT2D eigenvalue weighted by atomic mass is 32.2. The van der Waals surface area contributed by atoms with Crippen molar-refractivity contribution in [1.82, 2.24) is 14.8 Å². The number of hydrogen-bond donors (Lipinski definition) is 0. The number of aryl methyl sites for hydroxylation is 1. The normalized spacial score (nSPS) is 10.9. The quantitative estimate of drug-likeness (QED) is 0.636. The van der Waals surface area contributed by atoms with Gasteiger partial charge in [-0.05, 0) is 37.1 Å². The van der Waals surface area contributed by atoms with Crippen molar-refractivity contribution in [2.75, 3.05) is 0 Å². The third-order valence-corrected chi connectivity index (χ3v) is 4.78. The van der Waals surface area contributed by atoms with E-state index in [9.17, 15) is 4.39 Å². The standard InChI is InChI=1S/C18H18FN3S/c1-3-22-17(15-10-6-7-11-16(15)19)20-21-18(22)23-12-14-9-5-4-8-13(14)2/h4-11H,3,12H2,1-2H3. The summed E-state index contributed by atoms with van der Waals surface area (Å²) in [6, 6.07) is 15.0. The summed E-state index contributed by atoms with van der Waals surface area (Å²) in [6.07, 6.45) is 0. The third kappa shape index (κ3) is 3.29. The molecule has 0 spiro atoms. The van der Waals surface area contributed by atoms with Gasteiger partial charge in [-0.25, -0.2) is 4.39 Å². The maximum atomic E-state index is 14.0. The van der Waals surface area contributed by atoms with Crippen molar-refractivity contribution in [2.45, 2.75) is 31.3 Å². The molecule has 0 saturated heterocycles. The second-order valence-electron chi connectivity index (χ2n) is 5.25.